The molecule has 0 radical (unpaired) electrons. The standard InChI is InChI=1S/C15H26N2O/c1-12(2)9-10-17(3)14(11-16)13-7-5-6-8-15(13)18-4/h5-8,12,14H,9-11,16H2,1-4H3. The Morgan fingerprint density at radius 3 is 2.50 bits per heavy atom. The van der Waals surface area contributed by atoms with E-state index in [1.807, 2.05) is 18.2 Å². The van der Waals surface area contributed by atoms with Crippen molar-refractivity contribution in [2.24, 2.45) is 11.7 Å². The molecule has 0 amide bonds. The van der Waals surface area contributed by atoms with E-state index in [0.717, 1.165) is 12.3 Å². The summed E-state index contributed by atoms with van der Waals surface area (Å²) >= 11 is 0. The Labute approximate surface area is 111 Å². The molecule has 0 aliphatic carbocycles. The van der Waals surface area contributed by atoms with E-state index >= 15 is 0 Å². The molecule has 0 aliphatic rings. The van der Waals surface area contributed by atoms with Gasteiger partial charge in [-0.15, -0.1) is 0 Å². The first-order chi connectivity index (χ1) is 8.60. The van der Waals surface area contributed by atoms with Crippen molar-refractivity contribution in [2.45, 2.75) is 26.3 Å². The Balaban J connectivity index is 2.81. The Bertz CT molecular complexity index is 352. The van der Waals surface area contributed by atoms with E-state index in [1.54, 1.807) is 7.11 Å². The van der Waals surface area contributed by atoms with Gasteiger partial charge in [0.25, 0.3) is 0 Å². The number of rotatable bonds is 7. The molecule has 18 heavy (non-hydrogen) atoms. The minimum Gasteiger partial charge on any atom is -0.496 e. The molecule has 1 aromatic carbocycles. The van der Waals surface area contributed by atoms with Crippen LogP contribution in [0.5, 0.6) is 5.75 Å². The third kappa shape index (κ3) is 4.00. The van der Waals surface area contributed by atoms with Crippen LogP contribution in [0.3, 0.4) is 0 Å². The monoisotopic (exact) mass is 250 g/mol. The molecule has 0 fully saturated rings. The molecule has 0 spiro atoms. The zero-order valence-electron chi connectivity index (χ0n) is 12.0. The topological polar surface area (TPSA) is 38.5 Å². The van der Waals surface area contributed by atoms with E-state index in [9.17, 15) is 0 Å². The van der Waals surface area contributed by atoms with Crippen LogP contribution < -0.4 is 10.5 Å². The minimum absolute atomic E-state index is 0.222. The normalized spacial score (nSPS) is 13.1. The van der Waals surface area contributed by atoms with Crippen molar-refractivity contribution in [1.82, 2.24) is 4.90 Å². The second-order valence-corrected chi connectivity index (χ2v) is 5.16. The number of likely N-dealkylation sites (N-methyl/N-ethyl adjacent to an activating group) is 1. The van der Waals surface area contributed by atoms with Gasteiger partial charge in [-0.05, 0) is 32.0 Å². The van der Waals surface area contributed by atoms with Crippen molar-refractivity contribution >= 4 is 0 Å². The fourth-order valence-corrected chi connectivity index (χ4v) is 2.10. The third-order valence-corrected chi connectivity index (χ3v) is 3.31. The second kappa shape index (κ2) is 7.39. The molecule has 0 heterocycles. The first-order valence-corrected chi connectivity index (χ1v) is 6.63. The molecular formula is C15H26N2O. The predicted molar refractivity (Wildman–Crippen MR) is 76.9 cm³/mol. The van der Waals surface area contributed by atoms with E-state index in [1.165, 1.54) is 12.0 Å². The quantitative estimate of drug-likeness (QED) is 0.808. The molecule has 1 unspecified atom stereocenters. The van der Waals surface area contributed by atoms with Gasteiger partial charge in [0.15, 0.2) is 0 Å². The van der Waals surface area contributed by atoms with Crippen LogP contribution in [-0.2, 0) is 0 Å². The fourth-order valence-electron chi connectivity index (χ4n) is 2.10. The first-order valence-electron chi connectivity index (χ1n) is 6.63. The van der Waals surface area contributed by atoms with Crippen LogP contribution in [-0.4, -0.2) is 32.1 Å². The zero-order valence-corrected chi connectivity index (χ0v) is 12.0. The molecule has 0 bridgehead atoms. The van der Waals surface area contributed by atoms with Gasteiger partial charge in [0.05, 0.1) is 13.2 Å². The van der Waals surface area contributed by atoms with Crippen molar-refractivity contribution < 1.29 is 4.74 Å². The number of para-hydroxylation sites is 1. The Morgan fingerprint density at radius 2 is 1.94 bits per heavy atom. The van der Waals surface area contributed by atoms with Gasteiger partial charge in [0.1, 0.15) is 5.75 Å². The summed E-state index contributed by atoms with van der Waals surface area (Å²) in [5.74, 6) is 1.63. The van der Waals surface area contributed by atoms with Gasteiger partial charge in [-0.25, -0.2) is 0 Å². The third-order valence-electron chi connectivity index (χ3n) is 3.31. The summed E-state index contributed by atoms with van der Waals surface area (Å²) in [6.45, 7) is 6.15. The maximum atomic E-state index is 5.94. The Hall–Kier alpha value is -1.06. The van der Waals surface area contributed by atoms with E-state index in [0.29, 0.717) is 12.5 Å². The SMILES string of the molecule is COc1ccccc1C(CN)N(C)CCC(C)C. The Kier molecular flexibility index (Phi) is 6.16. The molecule has 0 saturated carbocycles. The second-order valence-electron chi connectivity index (χ2n) is 5.16. The smallest absolute Gasteiger partial charge is 0.123 e. The van der Waals surface area contributed by atoms with E-state index in [2.05, 4.69) is 31.9 Å². The summed E-state index contributed by atoms with van der Waals surface area (Å²) in [7, 11) is 3.84. The summed E-state index contributed by atoms with van der Waals surface area (Å²) in [6.07, 6.45) is 1.18. The molecule has 0 aromatic heterocycles. The summed E-state index contributed by atoms with van der Waals surface area (Å²) in [6, 6.07) is 8.34. The van der Waals surface area contributed by atoms with Crippen LogP contribution in [0.4, 0.5) is 0 Å². The van der Waals surface area contributed by atoms with Crippen molar-refractivity contribution in [3.8, 4) is 5.75 Å². The highest BCUT2D eigenvalue weighted by Crippen LogP contribution is 2.28. The van der Waals surface area contributed by atoms with E-state index < -0.39 is 0 Å². The number of nitrogens with zero attached hydrogens (tertiary/aromatic N) is 1. The van der Waals surface area contributed by atoms with Crippen LogP contribution in [0.25, 0.3) is 0 Å². The highest BCUT2D eigenvalue weighted by molar-refractivity contribution is 5.36. The largest absolute Gasteiger partial charge is 0.496 e. The van der Waals surface area contributed by atoms with E-state index in [4.69, 9.17) is 10.5 Å². The number of hydrogen-bond donors (Lipinski definition) is 1. The van der Waals surface area contributed by atoms with Gasteiger partial charge >= 0.3 is 0 Å². The van der Waals surface area contributed by atoms with Crippen LogP contribution >= 0.6 is 0 Å². The lowest BCUT2D eigenvalue weighted by Crippen LogP contribution is -2.32. The maximum Gasteiger partial charge on any atom is 0.123 e. The fraction of sp³-hybridized carbons (Fsp3) is 0.600. The van der Waals surface area contributed by atoms with Gasteiger partial charge in [-0.1, -0.05) is 32.0 Å². The summed E-state index contributed by atoms with van der Waals surface area (Å²) in [4.78, 5) is 2.32. The van der Waals surface area contributed by atoms with Crippen molar-refractivity contribution in [3.63, 3.8) is 0 Å². The lowest BCUT2D eigenvalue weighted by Gasteiger charge is -2.29. The van der Waals surface area contributed by atoms with E-state index in [-0.39, 0.29) is 6.04 Å². The van der Waals surface area contributed by atoms with Crippen LogP contribution in [0, 0.1) is 5.92 Å². The number of ether oxygens (including phenoxy) is 1. The number of nitrogens with two attached hydrogens (primary N) is 1. The summed E-state index contributed by atoms with van der Waals surface area (Å²) in [5.41, 5.74) is 7.11. The molecule has 3 nitrogen and oxygen atoms in total. The predicted octanol–water partition coefficient (Wildman–Crippen LogP) is 2.67. The van der Waals surface area contributed by atoms with Gasteiger partial charge in [-0.3, -0.25) is 4.90 Å². The van der Waals surface area contributed by atoms with Gasteiger partial charge in [-0.2, -0.15) is 0 Å². The molecule has 1 aromatic rings. The Morgan fingerprint density at radius 1 is 1.28 bits per heavy atom. The van der Waals surface area contributed by atoms with Crippen molar-refractivity contribution in [2.75, 3.05) is 27.2 Å². The molecule has 3 heteroatoms. The van der Waals surface area contributed by atoms with Gasteiger partial charge < -0.3 is 10.5 Å². The van der Waals surface area contributed by atoms with Crippen LogP contribution in [0.1, 0.15) is 31.9 Å². The highest BCUT2D eigenvalue weighted by atomic mass is 16.5. The van der Waals surface area contributed by atoms with Crippen LogP contribution in [0.2, 0.25) is 0 Å². The maximum absolute atomic E-state index is 5.94. The number of methoxy groups -OCH3 is 1. The van der Waals surface area contributed by atoms with Gasteiger partial charge in [0.2, 0.25) is 0 Å². The highest BCUT2D eigenvalue weighted by Gasteiger charge is 2.18. The molecule has 102 valence electrons. The molecule has 0 aliphatic heterocycles. The lowest BCUT2D eigenvalue weighted by molar-refractivity contribution is 0.231. The minimum atomic E-state index is 0.222. The molecular weight excluding hydrogens is 224 g/mol. The lowest BCUT2D eigenvalue weighted by atomic mass is 10.0. The number of benzene rings is 1. The van der Waals surface area contributed by atoms with Crippen LogP contribution in [0.15, 0.2) is 24.3 Å². The zero-order chi connectivity index (χ0) is 13.5. The molecule has 0 saturated heterocycles. The van der Waals surface area contributed by atoms with Crippen molar-refractivity contribution in [3.05, 3.63) is 29.8 Å². The first kappa shape index (κ1) is 15.0. The molecule has 1 atom stereocenters. The molecule has 1 rings (SSSR count). The molecule has 2 N–H and O–H groups in total. The summed E-state index contributed by atoms with van der Waals surface area (Å²) < 4.78 is 5.42. The average molecular weight is 250 g/mol. The average Bonchev–Trinajstić information content (AvgIpc) is 2.37. The number of hydrogen-bond acceptors (Lipinski definition) is 3. The van der Waals surface area contributed by atoms with Crippen molar-refractivity contribution in [1.29, 1.82) is 0 Å². The van der Waals surface area contributed by atoms with Gasteiger partial charge in [0, 0.05) is 12.1 Å². The summed E-state index contributed by atoms with van der Waals surface area (Å²) in [5, 5.41) is 0.